The number of hydrogen-bond donors (Lipinski definition) is 1. The normalized spacial score (nSPS) is 13.0. The third-order valence-electron chi connectivity index (χ3n) is 3.48. The summed E-state index contributed by atoms with van der Waals surface area (Å²) in [6, 6.07) is 14.0. The molecule has 0 heterocycles. The average molecular weight is 347 g/mol. The van der Waals surface area contributed by atoms with Gasteiger partial charge in [-0.05, 0) is 36.8 Å². The van der Waals surface area contributed by atoms with Gasteiger partial charge in [-0.15, -0.1) is 0 Å². The van der Waals surface area contributed by atoms with Gasteiger partial charge in [-0.25, -0.2) is 13.1 Å². The third-order valence-corrected chi connectivity index (χ3v) is 4.66. The molecular formula is C18H21NO4S. The van der Waals surface area contributed by atoms with Crippen LogP contribution in [0.4, 0.5) is 0 Å². The quantitative estimate of drug-likeness (QED) is 0.834. The SMILES string of the molecule is COc1ccc(OC)c([C@H](C)NS(=O)(=O)/C=C/c2ccccc2)c1. The monoisotopic (exact) mass is 347 g/mol. The van der Waals surface area contributed by atoms with Gasteiger partial charge in [-0.3, -0.25) is 0 Å². The summed E-state index contributed by atoms with van der Waals surface area (Å²) >= 11 is 0. The molecule has 24 heavy (non-hydrogen) atoms. The van der Waals surface area contributed by atoms with E-state index in [0.29, 0.717) is 17.1 Å². The second-order valence-corrected chi connectivity index (χ2v) is 6.80. The first-order chi connectivity index (χ1) is 11.4. The number of hydrogen-bond acceptors (Lipinski definition) is 4. The molecule has 0 aliphatic heterocycles. The van der Waals surface area contributed by atoms with Crippen molar-refractivity contribution in [1.29, 1.82) is 0 Å². The molecule has 0 aromatic heterocycles. The van der Waals surface area contributed by atoms with E-state index in [-0.39, 0.29) is 0 Å². The van der Waals surface area contributed by atoms with Crippen LogP contribution in [0.1, 0.15) is 24.1 Å². The summed E-state index contributed by atoms with van der Waals surface area (Å²) in [5.41, 5.74) is 1.52. The highest BCUT2D eigenvalue weighted by atomic mass is 32.2. The predicted octanol–water partition coefficient (Wildman–Crippen LogP) is 3.36. The number of methoxy groups -OCH3 is 2. The molecule has 0 bridgehead atoms. The van der Waals surface area contributed by atoms with Crippen molar-refractivity contribution in [2.45, 2.75) is 13.0 Å². The van der Waals surface area contributed by atoms with Crippen LogP contribution < -0.4 is 14.2 Å². The van der Waals surface area contributed by atoms with E-state index in [1.165, 1.54) is 0 Å². The lowest BCUT2D eigenvalue weighted by Crippen LogP contribution is -2.25. The first kappa shape index (κ1) is 18.0. The van der Waals surface area contributed by atoms with E-state index in [1.807, 2.05) is 30.3 Å². The molecule has 0 radical (unpaired) electrons. The van der Waals surface area contributed by atoms with Crippen molar-refractivity contribution < 1.29 is 17.9 Å². The second-order valence-electron chi connectivity index (χ2n) is 5.21. The van der Waals surface area contributed by atoms with Crippen LogP contribution in [-0.4, -0.2) is 22.6 Å². The Hall–Kier alpha value is -2.31. The van der Waals surface area contributed by atoms with Crippen molar-refractivity contribution in [1.82, 2.24) is 4.72 Å². The number of nitrogens with one attached hydrogen (secondary N) is 1. The fourth-order valence-electron chi connectivity index (χ4n) is 2.26. The van der Waals surface area contributed by atoms with Crippen LogP contribution in [0, 0.1) is 0 Å². The van der Waals surface area contributed by atoms with E-state index in [1.54, 1.807) is 45.4 Å². The minimum atomic E-state index is -3.60. The first-order valence-electron chi connectivity index (χ1n) is 7.42. The van der Waals surface area contributed by atoms with Gasteiger partial charge in [0.2, 0.25) is 10.0 Å². The van der Waals surface area contributed by atoms with Gasteiger partial charge in [0.1, 0.15) is 11.5 Å². The van der Waals surface area contributed by atoms with Crippen LogP contribution in [0.3, 0.4) is 0 Å². The topological polar surface area (TPSA) is 64.6 Å². The van der Waals surface area contributed by atoms with Crippen LogP contribution in [0.5, 0.6) is 11.5 Å². The van der Waals surface area contributed by atoms with E-state index in [9.17, 15) is 8.42 Å². The minimum Gasteiger partial charge on any atom is -0.497 e. The van der Waals surface area contributed by atoms with Gasteiger partial charge in [0.25, 0.3) is 0 Å². The molecule has 0 unspecified atom stereocenters. The van der Waals surface area contributed by atoms with Crippen molar-refractivity contribution in [3.8, 4) is 11.5 Å². The van der Waals surface area contributed by atoms with Crippen molar-refractivity contribution >= 4 is 16.1 Å². The molecule has 2 aromatic carbocycles. The Morgan fingerprint density at radius 1 is 1.04 bits per heavy atom. The Labute approximate surface area is 143 Å². The van der Waals surface area contributed by atoms with Crippen LogP contribution in [0.25, 0.3) is 6.08 Å². The largest absolute Gasteiger partial charge is 0.497 e. The Bertz CT molecular complexity index is 801. The number of sulfonamides is 1. The third kappa shape index (κ3) is 4.84. The maximum Gasteiger partial charge on any atom is 0.234 e. The molecule has 0 aliphatic carbocycles. The molecule has 0 amide bonds. The zero-order valence-electron chi connectivity index (χ0n) is 13.9. The van der Waals surface area contributed by atoms with Gasteiger partial charge in [-0.2, -0.15) is 0 Å². The summed E-state index contributed by atoms with van der Waals surface area (Å²) in [5, 5.41) is 1.16. The Morgan fingerprint density at radius 2 is 1.75 bits per heavy atom. The molecule has 0 spiro atoms. The molecule has 0 saturated heterocycles. The summed E-state index contributed by atoms with van der Waals surface area (Å²) in [6.07, 6.45) is 1.55. The highest BCUT2D eigenvalue weighted by Crippen LogP contribution is 2.29. The van der Waals surface area contributed by atoms with Crippen LogP contribution >= 0.6 is 0 Å². The molecule has 5 nitrogen and oxygen atoms in total. The summed E-state index contributed by atoms with van der Waals surface area (Å²) < 4.78 is 37.7. The molecule has 6 heteroatoms. The Balaban J connectivity index is 2.19. The molecule has 0 aliphatic rings. The maximum absolute atomic E-state index is 12.3. The summed E-state index contributed by atoms with van der Waals surface area (Å²) in [4.78, 5) is 0. The van der Waals surface area contributed by atoms with E-state index >= 15 is 0 Å². The van der Waals surface area contributed by atoms with Crippen LogP contribution in [0.2, 0.25) is 0 Å². The summed E-state index contributed by atoms with van der Waals surface area (Å²) in [6.45, 7) is 1.76. The van der Waals surface area contributed by atoms with E-state index in [4.69, 9.17) is 9.47 Å². The molecule has 2 aromatic rings. The van der Waals surface area contributed by atoms with E-state index < -0.39 is 16.1 Å². The minimum absolute atomic E-state index is 0.472. The van der Waals surface area contributed by atoms with Gasteiger partial charge in [-0.1, -0.05) is 30.3 Å². The van der Waals surface area contributed by atoms with Gasteiger partial charge in [0.05, 0.1) is 14.2 Å². The Kier molecular flexibility index (Phi) is 6.00. The molecule has 1 N–H and O–H groups in total. The lowest BCUT2D eigenvalue weighted by atomic mass is 10.1. The zero-order valence-corrected chi connectivity index (χ0v) is 14.7. The number of rotatable bonds is 7. The van der Waals surface area contributed by atoms with Gasteiger partial charge >= 0.3 is 0 Å². The van der Waals surface area contributed by atoms with Crippen LogP contribution in [-0.2, 0) is 10.0 Å². The molecule has 128 valence electrons. The van der Waals surface area contributed by atoms with Gasteiger partial charge < -0.3 is 9.47 Å². The predicted molar refractivity (Wildman–Crippen MR) is 95.5 cm³/mol. The standard InChI is InChI=1S/C18H21NO4S/c1-14(17-13-16(22-2)9-10-18(17)23-3)19-24(20,21)12-11-15-7-5-4-6-8-15/h4-14,19H,1-3H3/b12-11+/t14-/m0/s1. The van der Waals surface area contributed by atoms with Gasteiger partial charge in [0, 0.05) is 17.0 Å². The average Bonchev–Trinajstić information content (AvgIpc) is 2.60. The van der Waals surface area contributed by atoms with Crippen molar-refractivity contribution in [2.75, 3.05) is 14.2 Å². The zero-order chi connectivity index (χ0) is 17.6. The van der Waals surface area contributed by atoms with Crippen molar-refractivity contribution in [2.24, 2.45) is 0 Å². The second kappa shape index (κ2) is 7.99. The maximum atomic E-state index is 12.3. The summed E-state index contributed by atoms with van der Waals surface area (Å²) in [5.74, 6) is 1.23. The Morgan fingerprint density at radius 3 is 2.38 bits per heavy atom. The number of benzene rings is 2. The molecule has 2 rings (SSSR count). The van der Waals surface area contributed by atoms with Crippen molar-refractivity contribution in [3.63, 3.8) is 0 Å². The number of ether oxygens (including phenoxy) is 2. The van der Waals surface area contributed by atoms with Crippen molar-refractivity contribution in [3.05, 3.63) is 65.1 Å². The smallest absolute Gasteiger partial charge is 0.234 e. The van der Waals surface area contributed by atoms with Gasteiger partial charge in [0.15, 0.2) is 0 Å². The first-order valence-corrected chi connectivity index (χ1v) is 8.97. The molecular weight excluding hydrogens is 326 g/mol. The lowest BCUT2D eigenvalue weighted by molar-refractivity contribution is 0.395. The van der Waals surface area contributed by atoms with E-state index in [2.05, 4.69) is 4.72 Å². The van der Waals surface area contributed by atoms with E-state index in [0.717, 1.165) is 11.0 Å². The molecule has 0 fully saturated rings. The highest BCUT2D eigenvalue weighted by molar-refractivity contribution is 7.92. The molecule has 0 saturated carbocycles. The lowest BCUT2D eigenvalue weighted by Gasteiger charge is -2.17. The molecule has 1 atom stereocenters. The summed E-state index contributed by atoms with van der Waals surface area (Å²) in [7, 11) is -0.497. The van der Waals surface area contributed by atoms with Crippen LogP contribution in [0.15, 0.2) is 53.9 Å². The highest BCUT2D eigenvalue weighted by Gasteiger charge is 2.17. The fourth-order valence-corrected chi connectivity index (χ4v) is 3.29. The fraction of sp³-hybridized carbons (Fsp3) is 0.222.